The second-order valence-electron chi connectivity index (χ2n) is 5.65. The quantitative estimate of drug-likeness (QED) is 0.693. The molecule has 0 aliphatic carbocycles. The van der Waals surface area contributed by atoms with E-state index in [1.807, 2.05) is 48.7 Å². The molecule has 3 aromatic rings. The summed E-state index contributed by atoms with van der Waals surface area (Å²) in [6, 6.07) is 15.7. The molecule has 3 rings (SSSR count). The van der Waals surface area contributed by atoms with Crippen LogP contribution in [0.25, 0.3) is 0 Å². The van der Waals surface area contributed by atoms with E-state index in [9.17, 15) is 0 Å². The molecule has 0 radical (unpaired) electrons. The molecule has 2 aromatic carbocycles. The molecular formula is C20H19N3O2. The van der Waals surface area contributed by atoms with Crippen molar-refractivity contribution in [3.8, 4) is 17.6 Å². The van der Waals surface area contributed by atoms with Crippen molar-refractivity contribution in [2.45, 2.75) is 13.0 Å². The molecule has 0 N–H and O–H groups in total. The Labute approximate surface area is 147 Å². The Bertz CT molecular complexity index is 909. The Kier molecular flexibility index (Phi) is 5.00. The van der Waals surface area contributed by atoms with Crippen LogP contribution in [0.4, 0.5) is 0 Å². The van der Waals surface area contributed by atoms with E-state index in [4.69, 9.17) is 14.7 Å². The number of ether oxygens (including phenoxy) is 2. The Hall–Kier alpha value is -3.26. The van der Waals surface area contributed by atoms with Crippen LogP contribution < -0.4 is 9.47 Å². The van der Waals surface area contributed by atoms with E-state index < -0.39 is 0 Å². The number of rotatable bonds is 6. The fourth-order valence-corrected chi connectivity index (χ4v) is 2.76. The molecular weight excluding hydrogens is 314 g/mol. The summed E-state index contributed by atoms with van der Waals surface area (Å²) in [4.78, 5) is 4.47. The van der Waals surface area contributed by atoms with Crippen molar-refractivity contribution in [2.75, 3.05) is 14.2 Å². The lowest BCUT2D eigenvalue weighted by Gasteiger charge is -2.11. The first kappa shape index (κ1) is 16.6. The van der Waals surface area contributed by atoms with Gasteiger partial charge < -0.3 is 14.0 Å². The van der Waals surface area contributed by atoms with Gasteiger partial charge in [-0.15, -0.1) is 0 Å². The van der Waals surface area contributed by atoms with Gasteiger partial charge in [0.15, 0.2) is 11.5 Å². The fourth-order valence-electron chi connectivity index (χ4n) is 2.76. The maximum atomic E-state index is 9.04. The lowest BCUT2D eigenvalue weighted by Crippen LogP contribution is -2.05. The maximum absolute atomic E-state index is 9.04. The minimum absolute atomic E-state index is 0.666. The van der Waals surface area contributed by atoms with Gasteiger partial charge in [-0.05, 0) is 35.4 Å². The molecule has 5 nitrogen and oxygen atoms in total. The zero-order valence-electron chi connectivity index (χ0n) is 14.3. The van der Waals surface area contributed by atoms with Crippen molar-refractivity contribution in [3.05, 3.63) is 77.4 Å². The average molecular weight is 333 g/mol. The first-order valence-corrected chi connectivity index (χ1v) is 7.93. The molecule has 0 aliphatic rings. The Morgan fingerprint density at radius 3 is 2.64 bits per heavy atom. The van der Waals surface area contributed by atoms with Gasteiger partial charge in [-0.3, -0.25) is 0 Å². The summed E-state index contributed by atoms with van der Waals surface area (Å²) in [7, 11) is 3.25. The predicted molar refractivity (Wildman–Crippen MR) is 94.8 cm³/mol. The van der Waals surface area contributed by atoms with Gasteiger partial charge in [-0.1, -0.05) is 18.2 Å². The van der Waals surface area contributed by atoms with Gasteiger partial charge in [0.2, 0.25) is 0 Å². The average Bonchev–Trinajstić information content (AvgIpc) is 3.08. The molecule has 25 heavy (non-hydrogen) atoms. The summed E-state index contributed by atoms with van der Waals surface area (Å²) in [5.41, 5.74) is 2.83. The predicted octanol–water partition coefficient (Wildman–Crippen LogP) is 3.41. The zero-order valence-corrected chi connectivity index (χ0v) is 14.3. The van der Waals surface area contributed by atoms with E-state index in [0.29, 0.717) is 30.0 Å². The number of nitriles is 1. The van der Waals surface area contributed by atoms with Crippen molar-refractivity contribution < 1.29 is 9.47 Å². The number of nitrogens with zero attached hydrogens (tertiary/aromatic N) is 3. The molecule has 1 heterocycles. The highest BCUT2D eigenvalue weighted by Gasteiger charge is 2.09. The highest BCUT2D eigenvalue weighted by molar-refractivity contribution is 5.43. The van der Waals surface area contributed by atoms with Crippen LogP contribution in [0.15, 0.2) is 54.9 Å². The highest BCUT2D eigenvalue weighted by Crippen LogP contribution is 2.28. The van der Waals surface area contributed by atoms with Crippen LogP contribution in [0.1, 0.15) is 22.5 Å². The standard InChI is InChI=1S/C20H19N3O2/c1-24-18-7-6-15(11-19(18)25-2)12-20-22-8-9-23(20)14-17-5-3-4-16(10-17)13-21/h3-11H,12,14H2,1-2H3. The lowest BCUT2D eigenvalue weighted by molar-refractivity contribution is 0.354. The fraction of sp³-hybridized carbons (Fsp3) is 0.200. The lowest BCUT2D eigenvalue weighted by atomic mass is 10.1. The van der Waals surface area contributed by atoms with Crippen LogP contribution in [0, 0.1) is 11.3 Å². The van der Waals surface area contributed by atoms with Crippen LogP contribution in [-0.2, 0) is 13.0 Å². The van der Waals surface area contributed by atoms with Gasteiger partial charge >= 0.3 is 0 Å². The zero-order chi connectivity index (χ0) is 17.6. The van der Waals surface area contributed by atoms with Crippen LogP contribution in [0.5, 0.6) is 11.5 Å². The molecule has 0 bridgehead atoms. The molecule has 0 fully saturated rings. The van der Waals surface area contributed by atoms with Gasteiger partial charge in [0.05, 0.1) is 25.9 Å². The van der Waals surface area contributed by atoms with Crippen molar-refractivity contribution >= 4 is 0 Å². The highest BCUT2D eigenvalue weighted by atomic mass is 16.5. The van der Waals surface area contributed by atoms with Crippen LogP contribution in [-0.4, -0.2) is 23.8 Å². The number of methoxy groups -OCH3 is 2. The van der Waals surface area contributed by atoms with Gasteiger partial charge in [0, 0.05) is 25.4 Å². The van der Waals surface area contributed by atoms with Crippen LogP contribution in [0.3, 0.4) is 0 Å². The maximum Gasteiger partial charge on any atom is 0.161 e. The van der Waals surface area contributed by atoms with E-state index >= 15 is 0 Å². The third-order valence-electron chi connectivity index (χ3n) is 4.02. The number of imidazole rings is 1. The third kappa shape index (κ3) is 3.81. The molecule has 0 spiro atoms. The molecule has 5 heteroatoms. The molecule has 0 saturated heterocycles. The van der Waals surface area contributed by atoms with Crippen molar-refractivity contribution in [2.24, 2.45) is 0 Å². The van der Waals surface area contributed by atoms with Crippen LogP contribution >= 0.6 is 0 Å². The third-order valence-corrected chi connectivity index (χ3v) is 4.02. The molecule has 126 valence electrons. The molecule has 0 unspecified atom stereocenters. The van der Waals surface area contributed by atoms with Gasteiger partial charge in [-0.25, -0.2) is 4.98 Å². The first-order chi connectivity index (χ1) is 12.2. The van der Waals surface area contributed by atoms with Crippen molar-refractivity contribution in [1.82, 2.24) is 9.55 Å². The van der Waals surface area contributed by atoms with Gasteiger partial charge in [-0.2, -0.15) is 5.26 Å². The normalized spacial score (nSPS) is 10.3. The topological polar surface area (TPSA) is 60.1 Å². The summed E-state index contributed by atoms with van der Waals surface area (Å²) in [6.45, 7) is 0.679. The largest absolute Gasteiger partial charge is 0.493 e. The van der Waals surface area contributed by atoms with E-state index in [0.717, 1.165) is 17.0 Å². The van der Waals surface area contributed by atoms with E-state index in [2.05, 4.69) is 15.6 Å². The van der Waals surface area contributed by atoms with Gasteiger partial charge in [0.25, 0.3) is 0 Å². The summed E-state index contributed by atoms with van der Waals surface area (Å²) in [5, 5.41) is 9.04. The van der Waals surface area contributed by atoms with Crippen molar-refractivity contribution in [1.29, 1.82) is 5.26 Å². The monoisotopic (exact) mass is 333 g/mol. The summed E-state index contributed by atoms with van der Waals surface area (Å²) in [6.07, 6.45) is 4.44. The first-order valence-electron chi connectivity index (χ1n) is 7.93. The van der Waals surface area contributed by atoms with Crippen molar-refractivity contribution in [3.63, 3.8) is 0 Å². The minimum atomic E-state index is 0.666. The summed E-state index contributed by atoms with van der Waals surface area (Å²) >= 11 is 0. The number of hydrogen-bond acceptors (Lipinski definition) is 4. The Morgan fingerprint density at radius 1 is 1.04 bits per heavy atom. The molecule has 0 aliphatic heterocycles. The Morgan fingerprint density at radius 2 is 1.88 bits per heavy atom. The van der Waals surface area contributed by atoms with Crippen LogP contribution in [0.2, 0.25) is 0 Å². The van der Waals surface area contributed by atoms with E-state index in [-0.39, 0.29) is 0 Å². The minimum Gasteiger partial charge on any atom is -0.493 e. The number of benzene rings is 2. The second kappa shape index (κ2) is 7.54. The molecule has 0 saturated carbocycles. The smallest absolute Gasteiger partial charge is 0.161 e. The van der Waals surface area contributed by atoms with Gasteiger partial charge in [0.1, 0.15) is 5.82 Å². The SMILES string of the molecule is COc1ccc(Cc2nccn2Cc2cccc(C#N)c2)cc1OC. The number of hydrogen-bond donors (Lipinski definition) is 0. The molecule has 1 aromatic heterocycles. The van der Waals surface area contributed by atoms with E-state index in [1.165, 1.54) is 0 Å². The second-order valence-corrected chi connectivity index (χ2v) is 5.65. The number of aromatic nitrogens is 2. The summed E-state index contributed by atoms with van der Waals surface area (Å²) in [5.74, 6) is 2.37. The molecule has 0 atom stereocenters. The molecule has 0 amide bonds. The Balaban J connectivity index is 1.81. The summed E-state index contributed by atoms with van der Waals surface area (Å²) < 4.78 is 12.7. The van der Waals surface area contributed by atoms with E-state index in [1.54, 1.807) is 20.4 Å².